The second-order valence-electron chi connectivity index (χ2n) is 19.5. The second-order valence-corrected chi connectivity index (χ2v) is 24.9. The molecule has 75 heavy (non-hydrogen) atoms. The van der Waals surface area contributed by atoms with Crippen LogP contribution in [0.5, 0.6) is 0 Å². The van der Waals surface area contributed by atoms with Crippen LogP contribution in [0, 0.1) is 18.2 Å². The first kappa shape index (κ1) is 56.0. The van der Waals surface area contributed by atoms with Crippen molar-refractivity contribution in [2.75, 3.05) is 77.7 Å². The molecule has 8 rings (SSSR count). The van der Waals surface area contributed by atoms with E-state index in [0.717, 1.165) is 55.3 Å². The predicted octanol–water partition coefficient (Wildman–Crippen LogP) is 13.1. The normalized spacial score (nSPS) is 16.3. The lowest BCUT2D eigenvalue weighted by Crippen LogP contribution is -2.46. The van der Waals surface area contributed by atoms with Crippen molar-refractivity contribution in [3.05, 3.63) is 132 Å². The molecule has 2 aliphatic heterocycles. The number of hydrogen-bond donors (Lipinski definition) is 3. The number of carboxylic acids is 1. The second kappa shape index (κ2) is 23.6. The van der Waals surface area contributed by atoms with Crippen LogP contribution in [0.4, 0.5) is 40.3 Å². The van der Waals surface area contributed by atoms with E-state index in [1.807, 2.05) is 73.0 Å². The summed E-state index contributed by atoms with van der Waals surface area (Å²) in [5.74, 6) is -0.806. The number of thioether (sulfide) groups is 2. The molecule has 0 radical (unpaired) electrons. The fourth-order valence-corrected chi connectivity index (χ4v) is 13.6. The third-order valence-electron chi connectivity index (χ3n) is 14.1. The van der Waals surface area contributed by atoms with Crippen LogP contribution in [-0.4, -0.2) is 103 Å². The Morgan fingerprint density at radius 2 is 1.49 bits per heavy atom. The zero-order chi connectivity index (χ0) is 53.8. The van der Waals surface area contributed by atoms with Crippen LogP contribution in [0.3, 0.4) is 0 Å². The number of alkyl halides is 3. The van der Waals surface area contributed by atoms with Crippen molar-refractivity contribution < 1.29 is 40.1 Å². The first-order chi connectivity index (χ1) is 35.6. The Bertz CT molecular complexity index is 3110. The van der Waals surface area contributed by atoms with Crippen molar-refractivity contribution in [1.29, 1.82) is 0 Å². The quantitative estimate of drug-likeness (QED) is 0.0530. The van der Waals surface area contributed by atoms with Crippen LogP contribution in [0.2, 0.25) is 5.02 Å². The van der Waals surface area contributed by atoms with E-state index >= 15 is 4.39 Å². The number of piperazine rings is 1. The number of nitrogens with zero attached hydrogens (tertiary/aromatic N) is 4. The van der Waals surface area contributed by atoms with Gasteiger partial charge in [0.05, 0.1) is 21.7 Å². The molecule has 0 aliphatic carbocycles. The number of halogens is 5. The average Bonchev–Trinajstić information content (AvgIpc) is 3.70. The monoisotopic (exact) mass is 1120 g/mol. The largest absolute Gasteiger partial charge is 0.501 e. The predicted molar refractivity (Wildman–Crippen MR) is 298 cm³/mol. The molecule has 20 heteroatoms. The summed E-state index contributed by atoms with van der Waals surface area (Å²) >= 11 is 9.40. The first-order valence-electron chi connectivity index (χ1n) is 24.7. The number of nitrogens with one attached hydrogen (secondary N) is 2. The number of carboxylic acid groups (broad SMARTS) is 1. The molecule has 400 valence electrons. The van der Waals surface area contributed by atoms with Crippen molar-refractivity contribution in [1.82, 2.24) is 9.47 Å². The van der Waals surface area contributed by atoms with E-state index < -0.39 is 48.7 Å². The average molecular weight is 1130 g/mol. The SMILES string of the molecule is CSc1c(-c2cc(F)cc(N3CCN(c4ccc(NS(=O)c5ccc(N[C@H](CCN6CCC(C)(C(=O)O)CC6)CSc6ccccc6)c(S(=O)(=O)C(F)(F)F)c5)cc4)CC3)c2)c(-c2ccc(Cl)cc2)n(C(C)C)c1C. The van der Waals surface area contributed by atoms with Crippen LogP contribution in [-0.2, 0) is 25.6 Å². The van der Waals surface area contributed by atoms with Crippen LogP contribution in [0.15, 0.2) is 135 Å². The standard InChI is InChI=1S/C55H61ClF4N6O5S4/c1-36(2)66-37(3)52(72-5)50(51(66)38-11-13-40(56)14-12-38)39-31-41(57)33-45(32-39)65-29-27-64(28-30-65)44-17-15-42(16-18-44)62-74(69)47-19-20-48(49(34-47)75(70,71)55(58,59)60)61-43(35-73-46-9-7-6-8-10-46)21-24-63-25-22-54(4,23-26-63)53(67)68/h6-20,31-34,36,43,61-62H,21-30,35H2,1-5H3,(H,67,68)/t43-,74?/m1/s1. The Morgan fingerprint density at radius 1 is 0.853 bits per heavy atom. The van der Waals surface area contributed by atoms with E-state index in [9.17, 15) is 35.7 Å². The summed E-state index contributed by atoms with van der Waals surface area (Å²) in [5, 5.41) is 13.4. The van der Waals surface area contributed by atoms with Gasteiger partial charge in [-0.1, -0.05) is 41.9 Å². The Labute approximate surface area is 452 Å². The highest BCUT2D eigenvalue weighted by Gasteiger charge is 2.48. The number of hydrogen-bond acceptors (Lipinski definition) is 10. The van der Waals surface area contributed by atoms with Gasteiger partial charge in [-0.05, 0) is 162 Å². The third kappa shape index (κ3) is 12.8. The number of anilines is 4. The zero-order valence-corrected chi connectivity index (χ0v) is 46.3. The molecule has 3 N–H and O–H groups in total. The minimum atomic E-state index is -5.91. The molecule has 3 heterocycles. The molecule has 11 nitrogen and oxygen atoms in total. The lowest BCUT2D eigenvalue weighted by atomic mass is 9.80. The number of rotatable bonds is 19. The summed E-state index contributed by atoms with van der Waals surface area (Å²) in [6.07, 6.45) is 3.36. The van der Waals surface area contributed by atoms with E-state index in [1.165, 1.54) is 23.9 Å². The van der Waals surface area contributed by atoms with Crippen LogP contribution >= 0.6 is 35.1 Å². The van der Waals surface area contributed by atoms with Crippen LogP contribution in [0.25, 0.3) is 22.4 Å². The Balaban J connectivity index is 0.953. The van der Waals surface area contributed by atoms with Gasteiger partial charge in [0.15, 0.2) is 0 Å². The number of aromatic nitrogens is 1. The van der Waals surface area contributed by atoms with Gasteiger partial charge in [0.1, 0.15) is 21.7 Å². The van der Waals surface area contributed by atoms with Gasteiger partial charge in [0.2, 0.25) is 0 Å². The lowest BCUT2D eigenvalue weighted by Gasteiger charge is -2.37. The number of piperidine rings is 1. The molecule has 0 bridgehead atoms. The van der Waals surface area contributed by atoms with Gasteiger partial charge in [-0.3, -0.25) is 4.79 Å². The summed E-state index contributed by atoms with van der Waals surface area (Å²) in [7, 11) is -8.08. The van der Waals surface area contributed by atoms with Crippen LogP contribution in [0.1, 0.15) is 51.8 Å². The first-order valence-corrected chi connectivity index (χ1v) is 29.9. The van der Waals surface area contributed by atoms with Gasteiger partial charge in [-0.25, -0.2) is 17.0 Å². The molecule has 5 aromatic carbocycles. The summed E-state index contributed by atoms with van der Waals surface area (Å²) in [5.41, 5.74) is 0.155. The zero-order valence-electron chi connectivity index (χ0n) is 42.3. The van der Waals surface area contributed by atoms with Crippen molar-refractivity contribution >= 4 is 84.7 Å². The van der Waals surface area contributed by atoms with E-state index in [4.69, 9.17) is 11.6 Å². The van der Waals surface area contributed by atoms with Gasteiger partial charge >= 0.3 is 11.5 Å². The highest BCUT2D eigenvalue weighted by Crippen LogP contribution is 2.46. The smallest absolute Gasteiger partial charge is 0.481 e. The van der Waals surface area contributed by atoms with E-state index in [-0.39, 0.29) is 22.4 Å². The maximum atomic E-state index is 15.7. The van der Waals surface area contributed by atoms with Gasteiger partial charge < -0.3 is 34.4 Å². The van der Waals surface area contributed by atoms with Gasteiger partial charge in [-0.15, -0.1) is 23.5 Å². The maximum absolute atomic E-state index is 15.7. The summed E-state index contributed by atoms with van der Waals surface area (Å²) < 4.78 is 104. The highest BCUT2D eigenvalue weighted by molar-refractivity contribution is 7.99. The third-order valence-corrected chi connectivity index (χ3v) is 19.0. The molecule has 0 amide bonds. The minimum Gasteiger partial charge on any atom is -0.481 e. The van der Waals surface area contributed by atoms with E-state index in [0.29, 0.717) is 81.5 Å². The van der Waals surface area contributed by atoms with Gasteiger partial charge in [-0.2, -0.15) is 13.2 Å². The fourth-order valence-electron chi connectivity index (χ4n) is 9.81. The van der Waals surface area contributed by atoms with E-state index in [1.54, 1.807) is 43.0 Å². The lowest BCUT2D eigenvalue weighted by molar-refractivity contribution is -0.150. The summed E-state index contributed by atoms with van der Waals surface area (Å²) in [4.78, 5) is 19.1. The molecular weight excluding hydrogens is 1060 g/mol. The maximum Gasteiger partial charge on any atom is 0.501 e. The molecule has 2 atom stereocenters. The summed E-state index contributed by atoms with van der Waals surface area (Å²) in [6.45, 7) is 12.1. The van der Waals surface area contributed by atoms with E-state index in [2.05, 4.69) is 56.1 Å². The summed E-state index contributed by atoms with van der Waals surface area (Å²) in [6, 6.07) is 32.5. The highest BCUT2D eigenvalue weighted by atomic mass is 35.5. The molecular formula is C55H61ClF4N6O5S4. The van der Waals surface area contributed by atoms with Crippen LogP contribution < -0.4 is 19.8 Å². The Hall–Kier alpha value is -5.18. The minimum absolute atomic E-state index is 0.143. The number of carbonyl (C=O) groups is 1. The van der Waals surface area contributed by atoms with Gasteiger partial charge in [0.25, 0.3) is 9.84 Å². The number of sulfone groups is 1. The Morgan fingerprint density at radius 3 is 2.09 bits per heavy atom. The molecule has 0 saturated carbocycles. The Kier molecular flexibility index (Phi) is 17.6. The van der Waals surface area contributed by atoms with Crippen molar-refractivity contribution in [2.45, 2.75) is 84.1 Å². The molecule has 2 saturated heterocycles. The van der Waals surface area contributed by atoms with Crippen molar-refractivity contribution in [2.24, 2.45) is 5.41 Å². The van der Waals surface area contributed by atoms with Crippen molar-refractivity contribution in [3.63, 3.8) is 0 Å². The number of likely N-dealkylation sites (tertiary alicyclic amines) is 1. The molecule has 2 aliphatic rings. The number of benzene rings is 5. The fraction of sp³-hybridized carbons (Fsp3) is 0.364. The molecule has 2 fully saturated rings. The molecule has 0 spiro atoms. The molecule has 1 unspecified atom stereocenters. The van der Waals surface area contributed by atoms with Crippen molar-refractivity contribution in [3.8, 4) is 22.4 Å². The topological polar surface area (TPSA) is 127 Å². The van der Waals surface area contributed by atoms with Gasteiger partial charge in [0, 0.05) is 93.7 Å². The number of aliphatic carboxylic acids is 1. The molecule has 6 aromatic rings. The molecule has 1 aromatic heterocycles.